The fourth-order valence-electron chi connectivity index (χ4n) is 7.30. The molecule has 9 rings (SSSR count). The number of hydrogen-bond acceptors (Lipinski definition) is 2. The maximum absolute atomic E-state index is 5.41. The Morgan fingerprint density at radius 1 is 0.431 bits per heavy atom. The zero-order valence-corrected chi connectivity index (χ0v) is 28.0. The number of fused-ring (bicyclic) bond motifs is 8. The highest BCUT2D eigenvalue weighted by atomic mass is 14.8. The standard InChI is InChI=1S/C47H34N4/c1-2-15-35-30-42-45(33-20-11-5-12-21-33)40-27-26-38(49-40)43(31-16-7-3-8-17-31)36-24-25-37(48-36)44(32-18-9-4-10-19-32)39-28-29-41(50-39)46(47(35)51-42)34-22-13-6-14-23-34/h2-14,16-30,49,51H,1,15H2. The van der Waals surface area contributed by atoms with E-state index in [-0.39, 0.29) is 0 Å². The van der Waals surface area contributed by atoms with Gasteiger partial charge in [0.05, 0.1) is 28.3 Å². The molecular weight excluding hydrogens is 621 g/mol. The van der Waals surface area contributed by atoms with Crippen LogP contribution in [0, 0.1) is 0 Å². The average molecular weight is 655 g/mol. The van der Waals surface area contributed by atoms with Crippen molar-refractivity contribution < 1.29 is 0 Å². The molecule has 2 aliphatic heterocycles. The molecule has 4 aromatic carbocycles. The predicted molar refractivity (Wildman–Crippen MR) is 215 cm³/mol. The summed E-state index contributed by atoms with van der Waals surface area (Å²) in [6.45, 7) is 4.14. The van der Waals surface area contributed by atoms with Crippen molar-refractivity contribution >= 4 is 46.4 Å². The highest BCUT2D eigenvalue weighted by Gasteiger charge is 2.20. The van der Waals surface area contributed by atoms with E-state index in [0.29, 0.717) is 6.42 Å². The van der Waals surface area contributed by atoms with Gasteiger partial charge < -0.3 is 9.97 Å². The molecule has 0 saturated heterocycles. The topological polar surface area (TPSA) is 57.4 Å². The molecule has 7 aromatic rings. The number of aromatic amines is 2. The van der Waals surface area contributed by atoms with Gasteiger partial charge in [0.1, 0.15) is 0 Å². The highest BCUT2D eigenvalue weighted by Crippen LogP contribution is 2.39. The second kappa shape index (κ2) is 12.9. The molecule has 0 radical (unpaired) electrons. The molecule has 0 amide bonds. The summed E-state index contributed by atoms with van der Waals surface area (Å²) in [5.74, 6) is 0. The summed E-state index contributed by atoms with van der Waals surface area (Å²) in [6, 6.07) is 48.7. The summed E-state index contributed by atoms with van der Waals surface area (Å²) in [6.07, 6.45) is 11.2. The molecule has 2 aliphatic rings. The molecule has 4 nitrogen and oxygen atoms in total. The molecule has 8 bridgehead atoms. The number of nitrogens with one attached hydrogen (secondary N) is 2. The molecule has 5 heterocycles. The fraction of sp³-hybridized carbons (Fsp3) is 0.0213. The minimum absolute atomic E-state index is 0.695. The number of hydrogen-bond donors (Lipinski definition) is 2. The second-order valence-electron chi connectivity index (χ2n) is 12.8. The number of rotatable bonds is 6. The number of benzene rings is 4. The van der Waals surface area contributed by atoms with Crippen LogP contribution in [-0.4, -0.2) is 19.9 Å². The van der Waals surface area contributed by atoms with E-state index in [4.69, 9.17) is 9.97 Å². The van der Waals surface area contributed by atoms with Crippen LogP contribution < -0.4 is 0 Å². The molecule has 4 heteroatoms. The first-order valence-corrected chi connectivity index (χ1v) is 17.3. The van der Waals surface area contributed by atoms with Crippen LogP contribution in [0.25, 0.3) is 90.9 Å². The SMILES string of the molecule is C=CCc1cc2[nH]c1c(-c1ccccc1)c1nc(c(-c3ccccc3)c3nc(c(-c4ccccc4)c4ccc([nH]4)c2-c2ccccc2)C=C3)C=C1. The zero-order valence-electron chi connectivity index (χ0n) is 28.0. The number of H-pyrrole nitrogens is 2. The molecule has 51 heavy (non-hydrogen) atoms. The van der Waals surface area contributed by atoms with E-state index in [0.717, 1.165) is 94.9 Å². The summed E-state index contributed by atoms with van der Waals surface area (Å²) in [5, 5.41) is 0. The monoisotopic (exact) mass is 654 g/mol. The van der Waals surface area contributed by atoms with E-state index in [1.807, 2.05) is 12.1 Å². The summed E-state index contributed by atoms with van der Waals surface area (Å²) in [4.78, 5) is 18.5. The third kappa shape index (κ3) is 5.53. The molecule has 0 aliphatic carbocycles. The van der Waals surface area contributed by atoms with E-state index in [1.165, 1.54) is 0 Å². The van der Waals surface area contributed by atoms with E-state index in [1.54, 1.807) is 0 Å². The van der Waals surface area contributed by atoms with Crippen LogP contribution in [-0.2, 0) is 6.42 Å². The van der Waals surface area contributed by atoms with Crippen LogP contribution >= 0.6 is 0 Å². The summed E-state index contributed by atoms with van der Waals surface area (Å²) < 4.78 is 0. The number of aromatic nitrogens is 4. The van der Waals surface area contributed by atoms with Crippen molar-refractivity contribution in [2.24, 2.45) is 0 Å². The predicted octanol–water partition coefficient (Wildman–Crippen LogP) is 12.1. The van der Waals surface area contributed by atoms with Crippen molar-refractivity contribution in [3.63, 3.8) is 0 Å². The largest absolute Gasteiger partial charge is 0.354 e. The second-order valence-corrected chi connectivity index (χ2v) is 12.8. The Labute approximate surface area is 296 Å². The normalized spacial score (nSPS) is 11.9. The highest BCUT2D eigenvalue weighted by molar-refractivity contribution is 6.01. The summed E-state index contributed by atoms with van der Waals surface area (Å²) >= 11 is 0. The van der Waals surface area contributed by atoms with E-state index in [9.17, 15) is 0 Å². The van der Waals surface area contributed by atoms with Crippen molar-refractivity contribution in [1.29, 1.82) is 0 Å². The third-order valence-corrected chi connectivity index (χ3v) is 9.56. The summed E-state index contributed by atoms with van der Waals surface area (Å²) in [5.41, 5.74) is 17.2. The van der Waals surface area contributed by atoms with Gasteiger partial charge in [0, 0.05) is 38.8 Å². The van der Waals surface area contributed by atoms with Crippen molar-refractivity contribution in [1.82, 2.24) is 19.9 Å². The van der Waals surface area contributed by atoms with Gasteiger partial charge in [-0.05, 0) is 76.7 Å². The lowest BCUT2D eigenvalue weighted by atomic mass is 10.0. The van der Waals surface area contributed by atoms with Gasteiger partial charge >= 0.3 is 0 Å². The molecule has 0 atom stereocenters. The lowest BCUT2D eigenvalue weighted by Gasteiger charge is -2.07. The first-order valence-electron chi connectivity index (χ1n) is 17.3. The smallest absolute Gasteiger partial charge is 0.0738 e. The van der Waals surface area contributed by atoms with Gasteiger partial charge in [-0.25, -0.2) is 9.97 Å². The Kier molecular flexibility index (Phi) is 7.67. The minimum Gasteiger partial charge on any atom is -0.354 e. The van der Waals surface area contributed by atoms with E-state index >= 15 is 0 Å². The maximum atomic E-state index is 5.41. The minimum atomic E-state index is 0.695. The number of nitrogens with zero attached hydrogens (tertiary/aromatic N) is 2. The van der Waals surface area contributed by atoms with Crippen LogP contribution in [0.1, 0.15) is 28.3 Å². The zero-order chi connectivity index (χ0) is 34.1. The molecule has 0 fully saturated rings. The molecule has 242 valence electrons. The first kappa shape index (κ1) is 30.3. The van der Waals surface area contributed by atoms with Crippen LogP contribution in [0.3, 0.4) is 0 Å². The molecule has 0 unspecified atom stereocenters. The van der Waals surface area contributed by atoms with Crippen molar-refractivity contribution in [3.8, 4) is 44.5 Å². The van der Waals surface area contributed by atoms with Crippen molar-refractivity contribution in [2.45, 2.75) is 6.42 Å². The molecule has 0 spiro atoms. The van der Waals surface area contributed by atoms with Gasteiger partial charge in [0.15, 0.2) is 0 Å². The number of allylic oxidation sites excluding steroid dienone is 1. The van der Waals surface area contributed by atoms with Gasteiger partial charge in [0.2, 0.25) is 0 Å². The van der Waals surface area contributed by atoms with Crippen LogP contribution in [0.5, 0.6) is 0 Å². The molecule has 3 aromatic heterocycles. The lowest BCUT2D eigenvalue weighted by Crippen LogP contribution is -1.91. The van der Waals surface area contributed by atoms with Gasteiger partial charge in [-0.15, -0.1) is 6.58 Å². The van der Waals surface area contributed by atoms with Crippen LogP contribution in [0.15, 0.2) is 152 Å². The van der Waals surface area contributed by atoms with Crippen LogP contribution in [0.2, 0.25) is 0 Å². The molecular formula is C47H34N4. The van der Waals surface area contributed by atoms with Gasteiger partial charge in [-0.2, -0.15) is 0 Å². The quantitative estimate of drug-likeness (QED) is 0.175. The lowest BCUT2D eigenvalue weighted by molar-refractivity contribution is 1.27. The van der Waals surface area contributed by atoms with Gasteiger partial charge in [0.25, 0.3) is 0 Å². The fourth-order valence-corrected chi connectivity index (χ4v) is 7.30. The maximum Gasteiger partial charge on any atom is 0.0738 e. The molecule has 2 N–H and O–H groups in total. The van der Waals surface area contributed by atoms with Crippen molar-refractivity contribution in [2.75, 3.05) is 0 Å². The Bertz CT molecular complexity index is 2640. The Balaban J connectivity index is 1.52. The Morgan fingerprint density at radius 3 is 1.35 bits per heavy atom. The van der Waals surface area contributed by atoms with Gasteiger partial charge in [-0.1, -0.05) is 127 Å². The van der Waals surface area contributed by atoms with Gasteiger partial charge in [-0.3, -0.25) is 0 Å². The van der Waals surface area contributed by atoms with Crippen molar-refractivity contribution in [3.05, 3.63) is 181 Å². The van der Waals surface area contributed by atoms with E-state index in [2.05, 4.69) is 174 Å². The average Bonchev–Trinajstić information content (AvgIpc) is 4.01. The van der Waals surface area contributed by atoms with E-state index < -0.39 is 0 Å². The Hall–Kier alpha value is -6.78. The first-order chi connectivity index (χ1) is 25.2. The van der Waals surface area contributed by atoms with Crippen LogP contribution in [0.4, 0.5) is 0 Å². The summed E-state index contributed by atoms with van der Waals surface area (Å²) in [7, 11) is 0. The molecule has 0 saturated carbocycles. The Morgan fingerprint density at radius 2 is 0.843 bits per heavy atom. The third-order valence-electron chi connectivity index (χ3n) is 9.56.